The number of amides is 2. The van der Waals surface area contributed by atoms with Gasteiger partial charge < -0.3 is 4.52 Å². The molecule has 0 aliphatic heterocycles. The predicted octanol–water partition coefficient (Wildman–Crippen LogP) is 3.23. The Hall–Kier alpha value is -3.13. The third kappa shape index (κ3) is 6.46. The summed E-state index contributed by atoms with van der Waals surface area (Å²) in [6, 6.07) is 15.7. The molecule has 0 unspecified atom stereocenters. The lowest BCUT2D eigenvalue weighted by atomic mass is 10.1. The number of nitrogens with zero attached hydrogens (tertiary/aromatic N) is 2. The number of carbonyl (C=O) groups is 2. The number of carbonyl (C=O) groups excluding carboxylic acids is 2. The third-order valence-corrected chi connectivity index (χ3v) is 5.09. The Balaban J connectivity index is 1.38. The van der Waals surface area contributed by atoms with Crippen LogP contribution in [0.5, 0.6) is 0 Å². The minimum absolute atomic E-state index is 0.126. The first-order valence-corrected chi connectivity index (χ1v) is 10.1. The summed E-state index contributed by atoms with van der Waals surface area (Å²) in [5.41, 5.74) is 7.98. The second kappa shape index (κ2) is 9.88. The number of hydrazine groups is 1. The molecule has 0 radical (unpaired) electrons. The van der Waals surface area contributed by atoms with Crippen LogP contribution in [0.1, 0.15) is 23.4 Å². The zero-order valence-corrected chi connectivity index (χ0v) is 17.1. The van der Waals surface area contributed by atoms with Gasteiger partial charge in [0.25, 0.3) is 0 Å². The first kappa shape index (κ1) is 20.6. The maximum absolute atomic E-state index is 11.9. The number of nitrogens with one attached hydrogen (secondary N) is 2. The smallest absolute Gasteiger partial charge is 0.248 e. The third-order valence-electron chi connectivity index (χ3n) is 4.08. The van der Waals surface area contributed by atoms with E-state index in [4.69, 9.17) is 4.52 Å². The lowest BCUT2D eigenvalue weighted by Gasteiger charge is -2.06. The summed E-state index contributed by atoms with van der Waals surface area (Å²) in [5, 5.41) is 3.94. The van der Waals surface area contributed by atoms with E-state index in [1.165, 1.54) is 17.3 Å². The van der Waals surface area contributed by atoms with E-state index in [0.29, 0.717) is 18.1 Å². The standard InChI is InChI=1S/C21H22N4O3S/c1-14-3-7-16(8-4-14)21-22-20(28-25-21)12-11-18(26)23-24-19(27)13-29-17-9-5-15(2)6-10-17/h3-10H,11-13H2,1-2H3,(H,23,26)(H,24,27). The summed E-state index contributed by atoms with van der Waals surface area (Å²) in [5.74, 6) is 0.475. The van der Waals surface area contributed by atoms with Gasteiger partial charge in [-0.15, -0.1) is 11.8 Å². The molecule has 0 atom stereocenters. The first-order valence-electron chi connectivity index (χ1n) is 9.16. The maximum atomic E-state index is 11.9. The van der Waals surface area contributed by atoms with Crippen LogP contribution in [-0.2, 0) is 16.0 Å². The molecule has 0 aliphatic carbocycles. The van der Waals surface area contributed by atoms with Crippen molar-refractivity contribution < 1.29 is 14.1 Å². The van der Waals surface area contributed by atoms with E-state index in [1.807, 2.05) is 62.4 Å². The summed E-state index contributed by atoms with van der Waals surface area (Å²) >= 11 is 1.40. The highest BCUT2D eigenvalue weighted by molar-refractivity contribution is 8.00. The molecule has 0 bridgehead atoms. The largest absolute Gasteiger partial charge is 0.339 e. The number of thioether (sulfide) groups is 1. The van der Waals surface area contributed by atoms with Gasteiger partial charge in [0.15, 0.2) is 0 Å². The molecule has 150 valence electrons. The Kier molecular flexibility index (Phi) is 7.02. The molecule has 0 saturated carbocycles. The van der Waals surface area contributed by atoms with Crippen LogP contribution in [0, 0.1) is 13.8 Å². The summed E-state index contributed by atoms with van der Waals surface area (Å²) in [6.45, 7) is 4.01. The monoisotopic (exact) mass is 410 g/mol. The minimum atomic E-state index is -0.325. The average molecular weight is 410 g/mol. The predicted molar refractivity (Wildman–Crippen MR) is 111 cm³/mol. The number of rotatable bonds is 7. The van der Waals surface area contributed by atoms with Crippen LogP contribution in [0.2, 0.25) is 0 Å². The van der Waals surface area contributed by atoms with Crippen molar-refractivity contribution >= 4 is 23.6 Å². The van der Waals surface area contributed by atoms with Gasteiger partial charge >= 0.3 is 0 Å². The average Bonchev–Trinajstić information content (AvgIpc) is 3.20. The number of aromatic nitrogens is 2. The molecule has 0 aliphatic rings. The Bertz CT molecular complexity index is 968. The first-order chi connectivity index (χ1) is 14.0. The van der Waals surface area contributed by atoms with Crippen LogP contribution < -0.4 is 10.9 Å². The van der Waals surface area contributed by atoms with Gasteiger partial charge in [-0.2, -0.15) is 4.98 Å². The fraction of sp³-hybridized carbons (Fsp3) is 0.238. The SMILES string of the molecule is Cc1ccc(SCC(=O)NNC(=O)CCc2nc(-c3ccc(C)cc3)no2)cc1. The molecule has 2 N–H and O–H groups in total. The summed E-state index contributed by atoms with van der Waals surface area (Å²) < 4.78 is 5.19. The summed E-state index contributed by atoms with van der Waals surface area (Å²) in [6.07, 6.45) is 0.416. The highest BCUT2D eigenvalue weighted by Crippen LogP contribution is 2.18. The highest BCUT2D eigenvalue weighted by atomic mass is 32.2. The lowest BCUT2D eigenvalue weighted by Crippen LogP contribution is -2.42. The molecule has 3 aromatic rings. The van der Waals surface area contributed by atoms with E-state index in [1.54, 1.807) is 0 Å². The van der Waals surface area contributed by atoms with Gasteiger partial charge in [0, 0.05) is 23.3 Å². The highest BCUT2D eigenvalue weighted by Gasteiger charge is 2.11. The van der Waals surface area contributed by atoms with Gasteiger partial charge in [0.05, 0.1) is 5.75 Å². The van der Waals surface area contributed by atoms with Crippen molar-refractivity contribution in [3.8, 4) is 11.4 Å². The zero-order chi connectivity index (χ0) is 20.6. The molecule has 2 aromatic carbocycles. The van der Waals surface area contributed by atoms with Gasteiger partial charge in [-0.3, -0.25) is 20.4 Å². The molecule has 3 rings (SSSR count). The molecular weight excluding hydrogens is 388 g/mol. The number of hydrogen-bond donors (Lipinski definition) is 2. The number of hydrogen-bond acceptors (Lipinski definition) is 6. The molecule has 2 amide bonds. The van der Waals surface area contributed by atoms with E-state index in [2.05, 4.69) is 21.0 Å². The summed E-state index contributed by atoms with van der Waals surface area (Å²) in [4.78, 5) is 29.1. The molecule has 7 nitrogen and oxygen atoms in total. The second-order valence-electron chi connectivity index (χ2n) is 6.58. The Morgan fingerprint density at radius 1 is 0.931 bits per heavy atom. The van der Waals surface area contributed by atoms with Crippen molar-refractivity contribution in [3.05, 3.63) is 65.5 Å². The Morgan fingerprint density at radius 3 is 2.24 bits per heavy atom. The zero-order valence-electron chi connectivity index (χ0n) is 16.3. The van der Waals surface area contributed by atoms with Gasteiger partial charge in [-0.1, -0.05) is 52.7 Å². The van der Waals surface area contributed by atoms with Crippen molar-refractivity contribution in [2.75, 3.05) is 5.75 Å². The van der Waals surface area contributed by atoms with Gasteiger partial charge in [0.1, 0.15) is 0 Å². The maximum Gasteiger partial charge on any atom is 0.248 e. The fourth-order valence-electron chi connectivity index (χ4n) is 2.42. The van der Waals surface area contributed by atoms with E-state index in [9.17, 15) is 9.59 Å². The van der Waals surface area contributed by atoms with Crippen LogP contribution in [0.3, 0.4) is 0 Å². The summed E-state index contributed by atoms with van der Waals surface area (Å²) in [7, 11) is 0. The molecule has 8 heteroatoms. The van der Waals surface area contributed by atoms with Crippen LogP contribution >= 0.6 is 11.8 Å². The Labute approximate surface area is 173 Å². The molecule has 0 fully saturated rings. The van der Waals surface area contributed by atoms with Crippen molar-refractivity contribution in [3.63, 3.8) is 0 Å². The van der Waals surface area contributed by atoms with Crippen molar-refractivity contribution in [1.82, 2.24) is 21.0 Å². The van der Waals surface area contributed by atoms with Crippen LogP contribution in [0.25, 0.3) is 11.4 Å². The van der Waals surface area contributed by atoms with Gasteiger partial charge in [0.2, 0.25) is 23.5 Å². The molecule has 0 saturated heterocycles. The van der Waals surface area contributed by atoms with Crippen LogP contribution in [0.15, 0.2) is 57.9 Å². The van der Waals surface area contributed by atoms with E-state index in [-0.39, 0.29) is 24.0 Å². The van der Waals surface area contributed by atoms with Gasteiger partial charge in [-0.05, 0) is 26.0 Å². The number of aryl methyl sites for hydroxylation is 3. The van der Waals surface area contributed by atoms with E-state index in [0.717, 1.165) is 16.0 Å². The molecule has 0 spiro atoms. The molecule has 1 aromatic heterocycles. The Morgan fingerprint density at radius 2 is 1.55 bits per heavy atom. The molecular formula is C21H22N4O3S. The minimum Gasteiger partial charge on any atom is -0.339 e. The van der Waals surface area contributed by atoms with Crippen molar-refractivity contribution in [1.29, 1.82) is 0 Å². The second-order valence-corrected chi connectivity index (χ2v) is 7.62. The van der Waals surface area contributed by atoms with Crippen molar-refractivity contribution in [2.45, 2.75) is 31.6 Å². The van der Waals surface area contributed by atoms with E-state index < -0.39 is 0 Å². The molecule has 29 heavy (non-hydrogen) atoms. The fourth-order valence-corrected chi connectivity index (χ4v) is 3.12. The molecule has 1 heterocycles. The normalized spacial score (nSPS) is 10.6. The number of benzene rings is 2. The van der Waals surface area contributed by atoms with Crippen LogP contribution in [0.4, 0.5) is 0 Å². The van der Waals surface area contributed by atoms with Crippen LogP contribution in [-0.4, -0.2) is 27.7 Å². The van der Waals surface area contributed by atoms with E-state index >= 15 is 0 Å². The lowest BCUT2D eigenvalue weighted by molar-refractivity contribution is -0.127. The quantitative estimate of drug-likeness (QED) is 0.459. The topological polar surface area (TPSA) is 97.1 Å². The van der Waals surface area contributed by atoms with Gasteiger partial charge in [-0.25, -0.2) is 0 Å². The van der Waals surface area contributed by atoms with Crippen molar-refractivity contribution in [2.24, 2.45) is 0 Å².